The Morgan fingerprint density at radius 2 is 1.71 bits per heavy atom. The number of halogens is 6. The highest BCUT2D eigenvalue weighted by molar-refractivity contribution is 7.85. The van der Waals surface area contributed by atoms with E-state index in [-0.39, 0.29) is 18.7 Å². The van der Waals surface area contributed by atoms with Gasteiger partial charge < -0.3 is 4.74 Å². The first kappa shape index (κ1) is 27.6. The normalized spacial score (nSPS) is 22.9. The van der Waals surface area contributed by atoms with E-state index in [1.807, 2.05) is 0 Å². The van der Waals surface area contributed by atoms with Crippen LogP contribution in [0.1, 0.15) is 47.2 Å². The molecule has 13 heteroatoms. The molecule has 1 aromatic carbocycles. The fourth-order valence-electron chi connectivity index (χ4n) is 5.18. The van der Waals surface area contributed by atoms with Crippen molar-refractivity contribution in [2.75, 3.05) is 5.75 Å². The minimum Gasteiger partial charge on any atom is -0.435 e. The van der Waals surface area contributed by atoms with Crippen molar-refractivity contribution >= 4 is 23.9 Å². The molecular weight excluding hydrogens is 501 g/mol. The molecule has 35 heavy (non-hydrogen) atoms. The molecule has 0 saturated heterocycles. The Morgan fingerprint density at radius 1 is 1.09 bits per heavy atom. The molecule has 2 radical (unpaired) electrons. The van der Waals surface area contributed by atoms with Crippen LogP contribution in [0.2, 0.25) is 0 Å². The second-order valence-corrected chi connectivity index (χ2v) is 10.7. The SMILES string of the molecule is [B]Cc1ccc(C(=O)OC(CS(=O)(=O)O)(C(F)(F)F)C(F)(F)F)cc1CC(=C)C1CC2CCC1C2. The molecule has 192 valence electrons. The monoisotopic (exact) mass is 524 g/mol. The Labute approximate surface area is 200 Å². The smallest absolute Gasteiger partial charge is 0.435 e. The number of fused-ring (bicyclic) bond motifs is 2. The van der Waals surface area contributed by atoms with Gasteiger partial charge in [0.1, 0.15) is 5.75 Å². The molecule has 2 aliphatic rings. The molecule has 3 unspecified atom stereocenters. The zero-order chi connectivity index (χ0) is 26.4. The van der Waals surface area contributed by atoms with Crippen molar-refractivity contribution in [2.24, 2.45) is 17.8 Å². The van der Waals surface area contributed by atoms with Crippen molar-refractivity contribution in [2.45, 2.75) is 56.4 Å². The highest BCUT2D eigenvalue weighted by atomic mass is 32.2. The summed E-state index contributed by atoms with van der Waals surface area (Å²) in [6.07, 6.45) is -8.33. The number of esters is 1. The summed E-state index contributed by atoms with van der Waals surface area (Å²) < 4.78 is 116. The molecule has 0 aliphatic heterocycles. The molecule has 0 spiro atoms. The van der Waals surface area contributed by atoms with Gasteiger partial charge in [-0.05, 0) is 61.1 Å². The van der Waals surface area contributed by atoms with Crippen LogP contribution >= 0.6 is 0 Å². The summed E-state index contributed by atoms with van der Waals surface area (Å²) >= 11 is 0. The van der Waals surface area contributed by atoms with Crippen molar-refractivity contribution in [3.05, 3.63) is 47.0 Å². The van der Waals surface area contributed by atoms with Gasteiger partial charge in [0.25, 0.3) is 10.1 Å². The van der Waals surface area contributed by atoms with Gasteiger partial charge in [0.15, 0.2) is 0 Å². The second kappa shape index (κ2) is 9.46. The van der Waals surface area contributed by atoms with Crippen LogP contribution in [0.5, 0.6) is 0 Å². The average molecular weight is 524 g/mol. The molecule has 0 heterocycles. The Balaban J connectivity index is 1.92. The highest BCUT2D eigenvalue weighted by Crippen LogP contribution is 2.51. The minimum atomic E-state index is -6.40. The number of hydrogen-bond donors (Lipinski definition) is 1. The predicted molar refractivity (Wildman–Crippen MR) is 114 cm³/mol. The van der Waals surface area contributed by atoms with E-state index in [2.05, 4.69) is 11.3 Å². The maximum Gasteiger partial charge on any atom is 0.438 e. The van der Waals surface area contributed by atoms with Gasteiger partial charge >= 0.3 is 23.9 Å². The molecule has 2 aliphatic carbocycles. The Hall–Kier alpha value is -2.02. The van der Waals surface area contributed by atoms with Crippen molar-refractivity contribution in [1.29, 1.82) is 0 Å². The second-order valence-electron chi connectivity index (χ2n) is 9.24. The summed E-state index contributed by atoms with van der Waals surface area (Å²) in [6.45, 7) is 4.12. The van der Waals surface area contributed by atoms with E-state index in [0.717, 1.165) is 43.4 Å². The number of benzene rings is 1. The van der Waals surface area contributed by atoms with Gasteiger partial charge in [0, 0.05) is 0 Å². The number of allylic oxidation sites excluding steroid dienone is 1. The number of alkyl halides is 6. The number of rotatable bonds is 8. The maximum atomic E-state index is 13.5. The summed E-state index contributed by atoms with van der Waals surface area (Å²) in [4.78, 5) is 12.5. The fourth-order valence-corrected chi connectivity index (χ4v) is 6.08. The van der Waals surface area contributed by atoms with Crippen molar-refractivity contribution in [3.63, 3.8) is 0 Å². The third kappa shape index (κ3) is 5.71. The molecule has 3 atom stereocenters. The molecule has 1 N–H and O–H groups in total. The maximum absolute atomic E-state index is 13.5. The van der Waals surface area contributed by atoms with Gasteiger partial charge in [-0.1, -0.05) is 36.5 Å². The molecule has 1 aromatic rings. The highest BCUT2D eigenvalue weighted by Gasteiger charge is 2.76. The van der Waals surface area contributed by atoms with E-state index in [1.165, 1.54) is 6.07 Å². The average Bonchev–Trinajstić information content (AvgIpc) is 3.34. The van der Waals surface area contributed by atoms with E-state index in [4.69, 9.17) is 12.4 Å². The molecule has 2 bridgehead atoms. The quantitative estimate of drug-likeness (QED) is 0.174. The number of carbonyl (C=O) groups is 1. The number of hydrogen-bond acceptors (Lipinski definition) is 4. The Bertz CT molecular complexity index is 1080. The molecule has 2 saturated carbocycles. The minimum absolute atomic E-state index is 0.00748. The Morgan fingerprint density at radius 3 is 2.17 bits per heavy atom. The van der Waals surface area contributed by atoms with Gasteiger partial charge in [0.05, 0.1) is 13.4 Å². The van der Waals surface area contributed by atoms with E-state index in [0.29, 0.717) is 23.0 Å². The van der Waals surface area contributed by atoms with Crippen LogP contribution in [-0.4, -0.2) is 50.5 Å². The van der Waals surface area contributed by atoms with Crippen LogP contribution in [0.15, 0.2) is 30.4 Å². The molecule has 3 rings (SSSR count). The van der Waals surface area contributed by atoms with Crippen LogP contribution in [0.3, 0.4) is 0 Å². The van der Waals surface area contributed by atoms with Gasteiger partial charge in [-0.25, -0.2) is 4.79 Å². The summed E-state index contributed by atoms with van der Waals surface area (Å²) in [7, 11) is -0.156. The fraction of sp³-hybridized carbons (Fsp3) is 0.591. The van der Waals surface area contributed by atoms with Crippen LogP contribution < -0.4 is 0 Å². The van der Waals surface area contributed by atoms with Gasteiger partial charge in [-0.15, -0.1) is 0 Å². The molecule has 5 nitrogen and oxygen atoms in total. The first-order chi connectivity index (χ1) is 16.0. The lowest BCUT2D eigenvalue weighted by Gasteiger charge is -2.35. The van der Waals surface area contributed by atoms with Crippen LogP contribution in [0.25, 0.3) is 0 Å². The van der Waals surface area contributed by atoms with Gasteiger partial charge in [-0.2, -0.15) is 34.8 Å². The van der Waals surface area contributed by atoms with Crippen molar-refractivity contribution in [1.82, 2.24) is 0 Å². The third-order valence-corrected chi connectivity index (χ3v) is 7.68. The number of carbonyl (C=O) groups excluding carboxylic acids is 1. The number of ether oxygens (including phenoxy) is 1. The molecule has 2 fully saturated rings. The van der Waals surface area contributed by atoms with Crippen molar-refractivity contribution < 1.29 is 48.8 Å². The summed E-state index contributed by atoms with van der Waals surface area (Å²) in [6, 6.07) is 3.30. The standard InChI is InChI=1S/C22H23BF6O5S/c1-12(18-8-13-2-3-14(18)7-13)6-17-9-15(4-5-16(17)10-23)19(30)34-20(21(24,25)26,22(27,28)29)11-35(31,32)33/h4-5,9,13-14,18H,1-3,6-8,10-11H2,(H,31,32,33). The van der Waals surface area contributed by atoms with Crippen molar-refractivity contribution in [3.8, 4) is 0 Å². The largest absolute Gasteiger partial charge is 0.438 e. The van der Waals surface area contributed by atoms with Crippen LogP contribution in [0, 0.1) is 17.8 Å². The van der Waals surface area contributed by atoms with Gasteiger partial charge in [-0.3, -0.25) is 4.55 Å². The summed E-state index contributed by atoms with van der Waals surface area (Å²) in [5.41, 5.74) is -4.38. The topological polar surface area (TPSA) is 80.7 Å². The predicted octanol–water partition coefficient (Wildman–Crippen LogP) is 4.80. The molecule has 0 amide bonds. The van der Waals surface area contributed by atoms with Gasteiger partial charge in [0.2, 0.25) is 0 Å². The van der Waals surface area contributed by atoms with Crippen LogP contribution in [-0.2, 0) is 27.6 Å². The summed E-state index contributed by atoms with van der Waals surface area (Å²) in [5.74, 6) is -3.68. The third-order valence-electron chi connectivity index (χ3n) is 6.91. The van der Waals surface area contributed by atoms with E-state index < -0.39 is 45.4 Å². The van der Waals surface area contributed by atoms with Crippen LogP contribution in [0.4, 0.5) is 26.3 Å². The first-order valence-electron chi connectivity index (χ1n) is 10.8. The zero-order valence-corrected chi connectivity index (χ0v) is 19.3. The lowest BCUT2D eigenvalue weighted by Crippen LogP contribution is -2.63. The summed E-state index contributed by atoms with van der Waals surface area (Å²) in [5, 5.41) is 0. The molecular formula is C22H23BF6O5S. The first-order valence-corrected chi connectivity index (χ1v) is 12.4. The zero-order valence-electron chi connectivity index (χ0n) is 18.5. The molecule has 0 aromatic heterocycles. The lowest BCUT2D eigenvalue weighted by molar-refractivity contribution is -0.356. The lowest BCUT2D eigenvalue weighted by atomic mass is 9.80. The van der Waals surface area contributed by atoms with E-state index in [9.17, 15) is 39.6 Å². The van der Waals surface area contributed by atoms with E-state index in [1.54, 1.807) is 0 Å². The van der Waals surface area contributed by atoms with E-state index >= 15 is 0 Å². The Kier molecular flexibility index (Phi) is 7.45.